The zero-order valence-corrected chi connectivity index (χ0v) is 18.4. The van der Waals surface area contributed by atoms with Crippen molar-refractivity contribution in [1.29, 1.82) is 0 Å². The van der Waals surface area contributed by atoms with Crippen molar-refractivity contribution in [2.45, 2.75) is 19.8 Å². The van der Waals surface area contributed by atoms with E-state index in [2.05, 4.69) is 10.4 Å². The van der Waals surface area contributed by atoms with E-state index in [1.165, 1.54) is 6.07 Å². The van der Waals surface area contributed by atoms with Gasteiger partial charge in [0.2, 0.25) is 11.3 Å². The highest BCUT2D eigenvalue weighted by Crippen LogP contribution is 2.20. The Morgan fingerprint density at radius 3 is 2.53 bits per heavy atom. The van der Waals surface area contributed by atoms with Crippen LogP contribution in [0.2, 0.25) is 5.02 Å². The molecule has 1 aromatic heterocycles. The highest BCUT2D eigenvalue weighted by molar-refractivity contribution is 6.30. The molecule has 1 saturated heterocycles. The first-order valence-electron chi connectivity index (χ1n) is 10.4. The van der Waals surface area contributed by atoms with Crippen molar-refractivity contribution in [3.8, 4) is 5.69 Å². The monoisotopic (exact) mass is 450 g/mol. The Morgan fingerprint density at radius 2 is 1.81 bits per heavy atom. The molecule has 0 spiro atoms. The van der Waals surface area contributed by atoms with E-state index in [0.717, 1.165) is 0 Å². The molecule has 2 aromatic carbocycles. The number of benzene rings is 2. The molecule has 0 aliphatic carbocycles. The number of aryl methyl sites for hydroxylation is 1. The average Bonchev–Trinajstić information content (AvgIpc) is 2.80. The minimum absolute atomic E-state index is 0.135. The summed E-state index contributed by atoms with van der Waals surface area (Å²) in [6.07, 6.45) is 1.36. The second-order valence-corrected chi connectivity index (χ2v) is 8.27. The Hall–Kier alpha value is -3.45. The first-order valence-corrected chi connectivity index (χ1v) is 10.8. The summed E-state index contributed by atoms with van der Waals surface area (Å²) in [6.45, 7) is 2.47. The van der Waals surface area contributed by atoms with Crippen LogP contribution >= 0.6 is 11.6 Å². The molecule has 2 heterocycles. The lowest BCUT2D eigenvalue weighted by atomic mass is 9.96. The van der Waals surface area contributed by atoms with E-state index in [4.69, 9.17) is 11.6 Å². The maximum absolute atomic E-state index is 13.2. The highest BCUT2D eigenvalue weighted by atomic mass is 35.5. The predicted octanol–water partition coefficient (Wildman–Crippen LogP) is 3.69. The Labute approximate surface area is 190 Å². The number of rotatable bonds is 4. The van der Waals surface area contributed by atoms with Crippen LogP contribution in [0.4, 0.5) is 5.69 Å². The molecule has 8 heteroatoms. The molecular weight excluding hydrogens is 428 g/mol. The molecule has 32 heavy (non-hydrogen) atoms. The van der Waals surface area contributed by atoms with E-state index in [0.29, 0.717) is 41.5 Å². The number of halogens is 1. The van der Waals surface area contributed by atoms with Crippen LogP contribution in [0.1, 0.15) is 29.0 Å². The van der Waals surface area contributed by atoms with Gasteiger partial charge in [-0.2, -0.15) is 5.10 Å². The van der Waals surface area contributed by atoms with E-state index in [9.17, 15) is 14.4 Å². The second kappa shape index (κ2) is 9.36. The van der Waals surface area contributed by atoms with Crippen molar-refractivity contribution in [3.63, 3.8) is 0 Å². The summed E-state index contributed by atoms with van der Waals surface area (Å²) in [6, 6.07) is 17.6. The van der Waals surface area contributed by atoms with Crippen LogP contribution in [0, 0.1) is 12.8 Å². The quantitative estimate of drug-likeness (QED) is 0.657. The maximum Gasteiger partial charge on any atom is 0.278 e. The summed E-state index contributed by atoms with van der Waals surface area (Å²) in [5.41, 5.74) is 1.42. The average molecular weight is 451 g/mol. The number of carbonyl (C=O) groups is 2. The SMILES string of the molecule is Cc1cc(=O)c(C(=O)N2CCC[C@@H](C(=O)Nc3ccccc3)C2)nn1-c1ccc(Cl)cc1. The third-order valence-corrected chi connectivity index (χ3v) is 5.75. The first-order chi connectivity index (χ1) is 15.4. The molecule has 7 nitrogen and oxygen atoms in total. The predicted molar refractivity (Wildman–Crippen MR) is 123 cm³/mol. The van der Waals surface area contributed by atoms with Crippen LogP contribution in [0.5, 0.6) is 0 Å². The number of nitrogens with one attached hydrogen (secondary N) is 1. The van der Waals surface area contributed by atoms with E-state index in [1.807, 2.05) is 30.3 Å². The van der Waals surface area contributed by atoms with Crippen molar-refractivity contribution in [2.24, 2.45) is 5.92 Å². The van der Waals surface area contributed by atoms with Crippen LogP contribution in [0.25, 0.3) is 5.69 Å². The molecule has 1 atom stereocenters. The molecular formula is C24H23ClN4O3. The molecule has 0 saturated carbocycles. The van der Waals surface area contributed by atoms with Gasteiger partial charge in [0, 0.05) is 35.6 Å². The summed E-state index contributed by atoms with van der Waals surface area (Å²) in [4.78, 5) is 40.0. The highest BCUT2D eigenvalue weighted by Gasteiger charge is 2.31. The van der Waals surface area contributed by atoms with Gasteiger partial charge in [-0.15, -0.1) is 0 Å². The zero-order valence-electron chi connectivity index (χ0n) is 17.6. The number of nitrogens with zero attached hydrogens (tertiary/aromatic N) is 3. The molecule has 2 amide bonds. The Kier molecular flexibility index (Phi) is 6.37. The van der Waals surface area contributed by atoms with E-state index >= 15 is 0 Å². The number of para-hydroxylation sites is 1. The summed E-state index contributed by atoms with van der Waals surface area (Å²) in [5.74, 6) is -0.948. The third-order valence-electron chi connectivity index (χ3n) is 5.50. The number of amides is 2. The van der Waals surface area contributed by atoms with Crippen molar-refractivity contribution in [3.05, 3.63) is 87.3 Å². The van der Waals surface area contributed by atoms with Crippen LogP contribution in [-0.2, 0) is 4.79 Å². The fourth-order valence-corrected chi connectivity index (χ4v) is 3.96. The standard InChI is InChI=1S/C24H23ClN4O3/c1-16-14-21(30)22(27-29(16)20-11-9-18(25)10-12-20)24(32)28-13-5-6-17(15-28)23(31)26-19-7-3-2-4-8-19/h2-4,7-12,14,17H,5-6,13,15H2,1H3,(H,26,31)/t17-/m1/s1. The molecule has 164 valence electrons. The van der Waals surface area contributed by atoms with Gasteiger partial charge in [-0.3, -0.25) is 14.4 Å². The second-order valence-electron chi connectivity index (χ2n) is 7.83. The minimum Gasteiger partial charge on any atom is -0.336 e. The van der Waals surface area contributed by atoms with Gasteiger partial charge in [-0.05, 0) is 56.2 Å². The lowest BCUT2D eigenvalue weighted by Gasteiger charge is -2.31. The van der Waals surface area contributed by atoms with Gasteiger partial charge in [-0.1, -0.05) is 29.8 Å². The van der Waals surface area contributed by atoms with Crippen LogP contribution < -0.4 is 10.7 Å². The lowest BCUT2D eigenvalue weighted by molar-refractivity contribution is -0.121. The van der Waals surface area contributed by atoms with Gasteiger partial charge >= 0.3 is 0 Å². The number of carbonyl (C=O) groups excluding carboxylic acids is 2. The Morgan fingerprint density at radius 1 is 1.09 bits per heavy atom. The number of hydrogen-bond acceptors (Lipinski definition) is 4. The fourth-order valence-electron chi connectivity index (χ4n) is 3.83. The molecule has 1 aliphatic heterocycles. The summed E-state index contributed by atoms with van der Waals surface area (Å²) < 4.78 is 1.55. The van der Waals surface area contributed by atoms with Gasteiger partial charge in [0.05, 0.1) is 11.6 Å². The zero-order chi connectivity index (χ0) is 22.7. The molecule has 0 radical (unpaired) electrons. The Balaban J connectivity index is 1.54. The molecule has 1 aliphatic rings. The number of piperidine rings is 1. The molecule has 4 rings (SSSR count). The summed E-state index contributed by atoms with van der Waals surface area (Å²) in [7, 11) is 0. The Bertz CT molecular complexity index is 1190. The summed E-state index contributed by atoms with van der Waals surface area (Å²) in [5, 5.41) is 7.83. The van der Waals surface area contributed by atoms with E-state index in [-0.39, 0.29) is 24.1 Å². The normalized spacial score (nSPS) is 15.9. The molecule has 0 unspecified atom stereocenters. The number of aromatic nitrogens is 2. The minimum atomic E-state index is -0.463. The maximum atomic E-state index is 13.2. The van der Waals surface area contributed by atoms with Gasteiger partial charge in [0.25, 0.3) is 5.91 Å². The van der Waals surface area contributed by atoms with E-state index < -0.39 is 11.3 Å². The molecule has 0 bridgehead atoms. The van der Waals surface area contributed by atoms with Gasteiger partial charge in [0.15, 0.2) is 5.69 Å². The van der Waals surface area contributed by atoms with E-state index in [1.54, 1.807) is 40.8 Å². The van der Waals surface area contributed by atoms with Gasteiger partial charge < -0.3 is 10.2 Å². The van der Waals surface area contributed by atoms with Gasteiger partial charge in [-0.25, -0.2) is 4.68 Å². The van der Waals surface area contributed by atoms with Crippen molar-refractivity contribution in [2.75, 3.05) is 18.4 Å². The summed E-state index contributed by atoms with van der Waals surface area (Å²) >= 11 is 5.96. The molecule has 1 fully saturated rings. The van der Waals surface area contributed by atoms with Gasteiger partial charge in [0.1, 0.15) is 0 Å². The van der Waals surface area contributed by atoms with Crippen LogP contribution in [0.15, 0.2) is 65.5 Å². The first kappa shape index (κ1) is 21.8. The number of likely N-dealkylation sites (tertiary alicyclic amines) is 1. The number of hydrogen-bond donors (Lipinski definition) is 1. The number of anilines is 1. The van der Waals surface area contributed by atoms with Crippen molar-refractivity contribution >= 4 is 29.1 Å². The fraction of sp³-hybridized carbons (Fsp3) is 0.250. The topological polar surface area (TPSA) is 84.3 Å². The van der Waals surface area contributed by atoms with Crippen molar-refractivity contribution < 1.29 is 9.59 Å². The van der Waals surface area contributed by atoms with Crippen LogP contribution in [-0.4, -0.2) is 39.6 Å². The largest absolute Gasteiger partial charge is 0.336 e. The molecule has 3 aromatic rings. The molecule has 1 N–H and O–H groups in total. The third kappa shape index (κ3) is 4.73. The van der Waals surface area contributed by atoms with Crippen molar-refractivity contribution in [1.82, 2.24) is 14.7 Å². The van der Waals surface area contributed by atoms with Crippen LogP contribution in [0.3, 0.4) is 0 Å². The lowest BCUT2D eigenvalue weighted by Crippen LogP contribution is -2.45. The smallest absolute Gasteiger partial charge is 0.278 e.